The van der Waals surface area contributed by atoms with Gasteiger partial charge in [0.25, 0.3) is 15.9 Å². The SMILES string of the molecule is CC[C@@H](C)NC(=O)c1ccccc1NS(=O)(=O)c1ccc2c(c1)sc(=O)n2Cc1ccc(Cl)cc1. The van der Waals surface area contributed by atoms with Crippen molar-refractivity contribution in [2.75, 3.05) is 4.72 Å². The zero-order valence-corrected chi connectivity index (χ0v) is 21.5. The summed E-state index contributed by atoms with van der Waals surface area (Å²) < 4.78 is 31.0. The number of nitrogens with zero attached hydrogens (tertiary/aromatic N) is 1. The van der Waals surface area contributed by atoms with Gasteiger partial charge >= 0.3 is 4.87 Å². The van der Waals surface area contributed by atoms with Crippen molar-refractivity contribution in [3.8, 4) is 0 Å². The van der Waals surface area contributed by atoms with Gasteiger partial charge in [0.15, 0.2) is 0 Å². The number of thiazole rings is 1. The molecule has 10 heteroatoms. The molecule has 7 nitrogen and oxygen atoms in total. The first-order valence-corrected chi connectivity index (χ1v) is 13.7. The van der Waals surface area contributed by atoms with Crippen LogP contribution >= 0.6 is 22.9 Å². The molecule has 0 bridgehead atoms. The van der Waals surface area contributed by atoms with Crippen LogP contribution in [0.5, 0.6) is 0 Å². The van der Waals surface area contributed by atoms with Gasteiger partial charge in [-0.05, 0) is 61.4 Å². The largest absolute Gasteiger partial charge is 0.350 e. The van der Waals surface area contributed by atoms with Crippen LogP contribution in [0.25, 0.3) is 10.2 Å². The molecule has 0 aliphatic carbocycles. The van der Waals surface area contributed by atoms with Crippen LogP contribution in [-0.4, -0.2) is 24.9 Å². The Kier molecular flexibility index (Phi) is 7.30. The molecule has 4 aromatic rings. The van der Waals surface area contributed by atoms with Crippen molar-refractivity contribution < 1.29 is 13.2 Å². The first-order chi connectivity index (χ1) is 16.7. The molecule has 35 heavy (non-hydrogen) atoms. The molecule has 0 saturated heterocycles. The Labute approximate surface area is 212 Å². The third-order valence-electron chi connectivity index (χ3n) is 5.61. The van der Waals surface area contributed by atoms with Crippen molar-refractivity contribution in [3.63, 3.8) is 0 Å². The lowest BCUT2D eigenvalue weighted by molar-refractivity contribution is 0.0940. The fourth-order valence-electron chi connectivity index (χ4n) is 3.51. The second kappa shape index (κ2) is 10.2. The number of carbonyl (C=O) groups excluding carboxylic acids is 1. The van der Waals surface area contributed by atoms with E-state index in [9.17, 15) is 18.0 Å². The van der Waals surface area contributed by atoms with Crippen LogP contribution in [-0.2, 0) is 16.6 Å². The van der Waals surface area contributed by atoms with E-state index in [1.54, 1.807) is 47.0 Å². The highest BCUT2D eigenvalue weighted by Crippen LogP contribution is 2.25. The second-order valence-electron chi connectivity index (χ2n) is 8.14. The number of anilines is 1. The van der Waals surface area contributed by atoms with Gasteiger partial charge in [0, 0.05) is 11.1 Å². The fraction of sp³-hybridized carbons (Fsp3) is 0.200. The smallest absolute Gasteiger partial charge is 0.308 e. The zero-order valence-electron chi connectivity index (χ0n) is 19.1. The molecule has 0 unspecified atom stereocenters. The van der Waals surface area contributed by atoms with Crippen LogP contribution in [0.4, 0.5) is 5.69 Å². The number of nitrogens with one attached hydrogen (secondary N) is 2. The van der Waals surface area contributed by atoms with Gasteiger partial charge < -0.3 is 5.32 Å². The molecule has 0 spiro atoms. The van der Waals surface area contributed by atoms with Gasteiger partial charge in [0.1, 0.15) is 0 Å². The van der Waals surface area contributed by atoms with E-state index >= 15 is 0 Å². The Morgan fingerprint density at radius 1 is 1.09 bits per heavy atom. The van der Waals surface area contributed by atoms with E-state index in [0.29, 0.717) is 21.8 Å². The number of carbonyl (C=O) groups is 1. The van der Waals surface area contributed by atoms with Gasteiger partial charge in [-0.2, -0.15) is 0 Å². The van der Waals surface area contributed by atoms with Gasteiger partial charge in [-0.1, -0.05) is 54.1 Å². The maximum Gasteiger partial charge on any atom is 0.308 e. The maximum atomic E-state index is 13.2. The van der Waals surface area contributed by atoms with Gasteiger partial charge in [0.2, 0.25) is 0 Å². The molecule has 1 heterocycles. The van der Waals surface area contributed by atoms with Crippen molar-refractivity contribution in [1.82, 2.24) is 9.88 Å². The summed E-state index contributed by atoms with van der Waals surface area (Å²) >= 11 is 6.92. The number of fused-ring (bicyclic) bond motifs is 1. The van der Waals surface area contributed by atoms with Crippen LogP contribution in [0.2, 0.25) is 5.02 Å². The topological polar surface area (TPSA) is 97.3 Å². The Bertz CT molecular complexity index is 1540. The summed E-state index contributed by atoms with van der Waals surface area (Å²) in [6.45, 7) is 4.18. The number of amides is 1. The number of halogens is 1. The first kappa shape index (κ1) is 25.0. The third-order valence-corrected chi connectivity index (χ3v) is 8.17. The molecule has 1 atom stereocenters. The monoisotopic (exact) mass is 529 g/mol. The molecule has 0 radical (unpaired) electrons. The molecule has 0 aliphatic heterocycles. The highest BCUT2D eigenvalue weighted by atomic mass is 35.5. The zero-order chi connectivity index (χ0) is 25.2. The molecule has 3 aromatic carbocycles. The lowest BCUT2D eigenvalue weighted by Crippen LogP contribution is -2.32. The van der Waals surface area contributed by atoms with E-state index in [4.69, 9.17) is 11.6 Å². The first-order valence-electron chi connectivity index (χ1n) is 11.0. The molecule has 2 N–H and O–H groups in total. The van der Waals surface area contributed by atoms with Crippen LogP contribution in [0.3, 0.4) is 0 Å². The average Bonchev–Trinajstić information content (AvgIpc) is 3.14. The Balaban J connectivity index is 1.63. The van der Waals surface area contributed by atoms with Crippen LogP contribution in [0.15, 0.2) is 76.4 Å². The number of aromatic nitrogens is 1. The van der Waals surface area contributed by atoms with E-state index in [2.05, 4.69) is 10.0 Å². The van der Waals surface area contributed by atoms with Crippen molar-refractivity contribution in [2.45, 2.75) is 37.8 Å². The number of hydrogen-bond acceptors (Lipinski definition) is 5. The maximum absolute atomic E-state index is 13.2. The Hall–Kier alpha value is -3.14. The molecule has 1 amide bonds. The highest BCUT2D eigenvalue weighted by Gasteiger charge is 2.21. The molecule has 0 saturated carbocycles. The highest BCUT2D eigenvalue weighted by molar-refractivity contribution is 7.92. The number of rotatable bonds is 8. The predicted octanol–water partition coefficient (Wildman–Crippen LogP) is 5.09. The van der Waals surface area contributed by atoms with Crippen molar-refractivity contribution in [2.24, 2.45) is 0 Å². The molecule has 0 aliphatic rings. The van der Waals surface area contributed by atoms with Gasteiger partial charge in [-0.25, -0.2) is 8.42 Å². The summed E-state index contributed by atoms with van der Waals surface area (Å²) in [5, 5.41) is 3.46. The quantitative estimate of drug-likeness (QED) is 0.332. The van der Waals surface area contributed by atoms with Gasteiger partial charge in [-0.3, -0.25) is 18.9 Å². The van der Waals surface area contributed by atoms with Crippen molar-refractivity contribution in [3.05, 3.63) is 92.5 Å². The summed E-state index contributed by atoms with van der Waals surface area (Å²) in [5.74, 6) is -0.356. The van der Waals surface area contributed by atoms with Crippen molar-refractivity contribution in [1.29, 1.82) is 0 Å². The summed E-state index contributed by atoms with van der Waals surface area (Å²) in [6.07, 6.45) is 0.750. The number of hydrogen-bond donors (Lipinski definition) is 2. The van der Waals surface area contributed by atoms with E-state index in [0.717, 1.165) is 23.3 Å². The van der Waals surface area contributed by atoms with Gasteiger partial charge in [0.05, 0.1) is 32.9 Å². The van der Waals surface area contributed by atoms with Crippen LogP contribution < -0.4 is 14.9 Å². The summed E-state index contributed by atoms with van der Waals surface area (Å²) in [6, 6.07) is 18.2. The molecular formula is C25H24ClN3O4S2. The lowest BCUT2D eigenvalue weighted by Gasteiger charge is -2.15. The molecule has 0 fully saturated rings. The van der Waals surface area contributed by atoms with Crippen LogP contribution in [0, 0.1) is 0 Å². The lowest BCUT2D eigenvalue weighted by atomic mass is 10.1. The number of para-hydroxylation sites is 1. The minimum Gasteiger partial charge on any atom is -0.350 e. The Morgan fingerprint density at radius 2 is 1.80 bits per heavy atom. The predicted molar refractivity (Wildman–Crippen MR) is 141 cm³/mol. The van der Waals surface area contributed by atoms with E-state index < -0.39 is 10.0 Å². The minimum atomic E-state index is -4.01. The summed E-state index contributed by atoms with van der Waals surface area (Å²) in [5.41, 5.74) is 1.96. The van der Waals surface area contributed by atoms with Crippen LogP contribution in [0.1, 0.15) is 36.2 Å². The summed E-state index contributed by atoms with van der Waals surface area (Å²) in [7, 11) is -4.01. The van der Waals surface area contributed by atoms with E-state index in [1.807, 2.05) is 26.0 Å². The standard InChI is InChI=1S/C25H24ClN3O4S2/c1-3-16(2)27-24(30)20-6-4-5-7-21(20)28-35(32,33)19-12-13-22-23(14-19)34-25(31)29(22)15-17-8-10-18(26)11-9-17/h4-14,16,28H,3,15H2,1-2H3,(H,27,30)/t16-/m1/s1. The second-order valence-corrected chi connectivity index (χ2v) is 11.3. The summed E-state index contributed by atoms with van der Waals surface area (Å²) in [4.78, 5) is 25.1. The number of benzene rings is 3. The number of sulfonamides is 1. The van der Waals surface area contributed by atoms with E-state index in [1.165, 1.54) is 12.1 Å². The minimum absolute atomic E-state index is 0.00188. The molecular weight excluding hydrogens is 506 g/mol. The average molecular weight is 530 g/mol. The third kappa shape index (κ3) is 5.58. The van der Waals surface area contributed by atoms with E-state index in [-0.39, 0.29) is 33.0 Å². The fourth-order valence-corrected chi connectivity index (χ4v) is 5.75. The molecule has 1 aromatic heterocycles. The normalized spacial score (nSPS) is 12.4. The molecule has 4 rings (SSSR count). The van der Waals surface area contributed by atoms with Gasteiger partial charge in [-0.15, -0.1) is 0 Å². The van der Waals surface area contributed by atoms with Crippen molar-refractivity contribution >= 4 is 54.8 Å². The molecule has 182 valence electrons. The Morgan fingerprint density at radius 3 is 2.51 bits per heavy atom.